The van der Waals surface area contributed by atoms with Crippen LogP contribution in [-0.2, 0) is 6.54 Å². The molecular formula is C23H32N2O. The second kappa shape index (κ2) is 5.69. The van der Waals surface area contributed by atoms with Gasteiger partial charge < -0.3 is 4.98 Å². The van der Waals surface area contributed by atoms with Crippen molar-refractivity contribution in [2.24, 2.45) is 10.8 Å². The van der Waals surface area contributed by atoms with Crippen LogP contribution in [0.3, 0.4) is 0 Å². The number of hydrogen-bond acceptors (Lipinski definition) is 2. The Bertz CT molecular complexity index is 939. The van der Waals surface area contributed by atoms with Gasteiger partial charge in [0.2, 0.25) is 0 Å². The normalized spacial score (nSPS) is 28.0. The quantitative estimate of drug-likeness (QED) is 0.838. The van der Waals surface area contributed by atoms with Crippen molar-refractivity contribution in [2.75, 3.05) is 6.54 Å². The number of fused-ring (bicyclic) bond motifs is 3. The highest BCUT2D eigenvalue weighted by molar-refractivity contribution is 5.83. The second-order valence-corrected chi connectivity index (χ2v) is 10.1. The Labute approximate surface area is 156 Å². The molecule has 1 saturated heterocycles. The van der Waals surface area contributed by atoms with Crippen molar-refractivity contribution in [3.63, 3.8) is 0 Å². The summed E-state index contributed by atoms with van der Waals surface area (Å²) in [6, 6.07) is 4.67. The zero-order valence-corrected chi connectivity index (χ0v) is 17.1. The average molecular weight is 353 g/mol. The largest absolute Gasteiger partial charge is 0.358 e. The molecule has 1 aliphatic carbocycles. The molecule has 0 unspecified atom stereocenters. The molecule has 2 heterocycles. The van der Waals surface area contributed by atoms with Gasteiger partial charge in [-0.2, -0.15) is 0 Å². The van der Waals surface area contributed by atoms with Crippen LogP contribution in [0.5, 0.6) is 0 Å². The molecule has 1 N–H and O–H groups in total. The van der Waals surface area contributed by atoms with Gasteiger partial charge in [-0.15, -0.1) is 0 Å². The summed E-state index contributed by atoms with van der Waals surface area (Å²) in [5.74, 6) is 0. The minimum atomic E-state index is 0.213. The van der Waals surface area contributed by atoms with E-state index in [0.29, 0.717) is 16.9 Å². The standard InChI is InChI=1S/C23H32N2O/c1-14-7-8-18-20(15(14)2)24-16(3)19(21(18)26)11-25-13-23(6)10-17(25)9-22(4,5)12-23/h7-8,17H,9-13H2,1-6H3,(H,24,26)/t17-,23+/m0/s1. The molecule has 3 nitrogen and oxygen atoms in total. The first-order valence-corrected chi connectivity index (χ1v) is 9.94. The van der Waals surface area contributed by atoms with Crippen LogP contribution in [-0.4, -0.2) is 22.5 Å². The molecule has 0 amide bonds. The highest BCUT2D eigenvalue weighted by atomic mass is 16.1. The Balaban J connectivity index is 1.73. The molecule has 2 aromatic rings. The molecular weight excluding hydrogens is 320 g/mol. The highest BCUT2D eigenvalue weighted by Crippen LogP contribution is 2.52. The predicted octanol–water partition coefficient (Wildman–Crippen LogP) is 4.85. The van der Waals surface area contributed by atoms with Crippen LogP contribution in [0.4, 0.5) is 0 Å². The lowest BCUT2D eigenvalue weighted by Crippen LogP contribution is -2.35. The number of pyridine rings is 1. The van der Waals surface area contributed by atoms with Crippen LogP contribution in [0.25, 0.3) is 10.9 Å². The maximum Gasteiger partial charge on any atom is 0.194 e. The number of benzene rings is 1. The van der Waals surface area contributed by atoms with Crippen molar-refractivity contribution in [3.05, 3.63) is 44.7 Å². The van der Waals surface area contributed by atoms with E-state index in [2.05, 4.69) is 57.5 Å². The SMILES string of the molecule is Cc1ccc2c(=O)c(CN3C[C@]4(C)C[C@@H]3CC(C)(C)C4)c(C)[nH]c2c1C. The van der Waals surface area contributed by atoms with Crippen molar-refractivity contribution in [1.29, 1.82) is 0 Å². The first-order valence-electron chi connectivity index (χ1n) is 9.94. The first-order chi connectivity index (χ1) is 12.1. The van der Waals surface area contributed by atoms with Crippen LogP contribution in [0, 0.1) is 31.6 Å². The van der Waals surface area contributed by atoms with Crippen molar-refractivity contribution in [1.82, 2.24) is 9.88 Å². The van der Waals surface area contributed by atoms with E-state index in [4.69, 9.17) is 0 Å². The second-order valence-electron chi connectivity index (χ2n) is 10.1. The zero-order valence-electron chi connectivity index (χ0n) is 17.1. The molecule has 1 aliphatic heterocycles. The summed E-state index contributed by atoms with van der Waals surface area (Å²) in [6.07, 6.45) is 3.81. The van der Waals surface area contributed by atoms with Crippen LogP contribution < -0.4 is 5.43 Å². The fourth-order valence-corrected chi connectivity index (χ4v) is 5.92. The molecule has 1 saturated carbocycles. The van der Waals surface area contributed by atoms with Gasteiger partial charge in [0.25, 0.3) is 0 Å². The van der Waals surface area contributed by atoms with Crippen LogP contribution >= 0.6 is 0 Å². The summed E-state index contributed by atoms with van der Waals surface area (Å²) in [6.45, 7) is 15.4. The van der Waals surface area contributed by atoms with E-state index >= 15 is 0 Å². The molecule has 2 atom stereocenters. The Morgan fingerprint density at radius 3 is 2.62 bits per heavy atom. The third-order valence-electron chi connectivity index (χ3n) is 6.90. The van der Waals surface area contributed by atoms with E-state index in [-0.39, 0.29) is 5.43 Å². The van der Waals surface area contributed by atoms with Gasteiger partial charge in [-0.3, -0.25) is 9.69 Å². The van der Waals surface area contributed by atoms with Gasteiger partial charge in [-0.25, -0.2) is 0 Å². The van der Waals surface area contributed by atoms with E-state index in [1.165, 1.54) is 30.4 Å². The Morgan fingerprint density at radius 2 is 1.88 bits per heavy atom. The summed E-state index contributed by atoms with van der Waals surface area (Å²) in [4.78, 5) is 19.4. The van der Waals surface area contributed by atoms with Crippen molar-refractivity contribution < 1.29 is 0 Å². The number of rotatable bonds is 2. The van der Waals surface area contributed by atoms with Crippen molar-refractivity contribution >= 4 is 10.9 Å². The maximum atomic E-state index is 13.3. The number of aromatic amines is 1. The number of nitrogens with one attached hydrogen (secondary N) is 1. The van der Waals surface area contributed by atoms with Gasteiger partial charge in [-0.05, 0) is 68.1 Å². The molecule has 2 fully saturated rings. The molecule has 26 heavy (non-hydrogen) atoms. The van der Waals surface area contributed by atoms with Gasteiger partial charge in [-0.1, -0.05) is 26.8 Å². The van der Waals surface area contributed by atoms with E-state index in [9.17, 15) is 4.79 Å². The molecule has 0 radical (unpaired) electrons. The van der Waals surface area contributed by atoms with E-state index < -0.39 is 0 Å². The lowest BCUT2D eigenvalue weighted by atomic mass is 9.65. The van der Waals surface area contributed by atoms with E-state index in [0.717, 1.165) is 35.2 Å². The van der Waals surface area contributed by atoms with Gasteiger partial charge in [0.05, 0.1) is 5.52 Å². The molecule has 1 aromatic carbocycles. The van der Waals surface area contributed by atoms with Crippen LogP contribution in [0.2, 0.25) is 0 Å². The maximum absolute atomic E-state index is 13.3. The molecule has 140 valence electrons. The highest BCUT2D eigenvalue weighted by Gasteiger charge is 2.49. The summed E-state index contributed by atoms with van der Waals surface area (Å²) in [7, 11) is 0. The van der Waals surface area contributed by atoms with Crippen molar-refractivity contribution in [3.8, 4) is 0 Å². The first kappa shape index (κ1) is 17.8. The van der Waals surface area contributed by atoms with E-state index in [1.54, 1.807) is 0 Å². The monoisotopic (exact) mass is 352 g/mol. The topological polar surface area (TPSA) is 36.1 Å². The minimum absolute atomic E-state index is 0.213. The minimum Gasteiger partial charge on any atom is -0.358 e. The van der Waals surface area contributed by atoms with Gasteiger partial charge in [0.1, 0.15) is 0 Å². The number of likely N-dealkylation sites (tertiary alicyclic amines) is 1. The van der Waals surface area contributed by atoms with E-state index in [1.807, 2.05) is 6.07 Å². The molecule has 1 aromatic heterocycles. The van der Waals surface area contributed by atoms with Gasteiger partial charge in [0.15, 0.2) is 5.43 Å². The third kappa shape index (κ3) is 2.81. The Kier molecular flexibility index (Phi) is 3.89. The number of H-pyrrole nitrogens is 1. The van der Waals surface area contributed by atoms with Gasteiger partial charge >= 0.3 is 0 Å². The Hall–Kier alpha value is -1.61. The lowest BCUT2D eigenvalue weighted by Gasteiger charge is -2.40. The fourth-order valence-electron chi connectivity index (χ4n) is 5.92. The predicted molar refractivity (Wildman–Crippen MR) is 109 cm³/mol. The average Bonchev–Trinajstić information content (AvgIpc) is 2.76. The summed E-state index contributed by atoms with van der Waals surface area (Å²) >= 11 is 0. The molecule has 3 heteroatoms. The lowest BCUT2D eigenvalue weighted by molar-refractivity contribution is 0.126. The summed E-state index contributed by atoms with van der Waals surface area (Å²) in [5.41, 5.74) is 6.42. The fraction of sp³-hybridized carbons (Fsp3) is 0.609. The smallest absolute Gasteiger partial charge is 0.194 e. The number of aromatic nitrogens is 1. The molecule has 4 rings (SSSR count). The van der Waals surface area contributed by atoms with Crippen molar-refractivity contribution in [2.45, 2.75) is 73.4 Å². The Morgan fingerprint density at radius 1 is 1.15 bits per heavy atom. The summed E-state index contributed by atoms with van der Waals surface area (Å²) in [5, 5.41) is 0.836. The zero-order chi connectivity index (χ0) is 18.9. The van der Waals surface area contributed by atoms with Crippen LogP contribution in [0.15, 0.2) is 16.9 Å². The number of aryl methyl sites for hydroxylation is 3. The number of nitrogens with zero attached hydrogens (tertiary/aromatic N) is 1. The summed E-state index contributed by atoms with van der Waals surface area (Å²) < 4.78 is 0. The third-order valence-corrected chi connectivity index (χ3v) is 6.90. The van der Waals surface area contributed by atoms with Gasteiger partial charge in [0, 0.05) is 35.8 Å². The molecule has 2 bridgehead atoms. The van der Waals surface area contributed by atoms with Crippen LogP contribution in [0.1, 0.15) is 62.4 Å². The molecule has 2 aliphatic rings. The number of hydrogen-bond donors (Lipinski definition) is 1. The molecule has 0 spiro atoms.